The summed E-state index contributed by atoms with van der Waals surface area (Å²) in [5, 5.41) is 0. The van der Waals surface area contributed by atoms with Crippen LogP contribution in [0, 0.1) is 11.3 Å². The van der Waals surface area contributed by atoms with Crippen molar-refractivity contribution in [2.24, 2.45) is 11.3 Å². The lowest BCUT2D eigenvalue weighted by molar-refractivity contribution is -0.154. The Kier molecular flexibility index (Phi) is 2.73. The largest absolute Gasteiger partial charge is 0.393 e. The first-order valence-electron chi connectivity index (χ1n) is 4.67. The molecule has 0 radical (unpaired) electrons. The van der Waals surface area contributed by atoms with E-state index in [-0.39, 0.29) is 12.2 Å². The fraction of sp³-hybridized carbons (Fsp3) is 0.700. The van der Waals surface area contributed by atoms with E-state index in [1.54, 1.807) is 13.8 Å². The van der Waals surface area contributed by atoms with E-state index in [0.29, 0.717) is 6.42 Å². The van der Waals surface area contributed by atoms with Crippen molar-refractivity contribution in [1.82, 2.24) is 0 Å². The van der Waals surface area contributed by atoms with Gasteiger partial charge in [-0.05, 0) is 6.42 Å². The number of cyclic esters (lactones) is 2. The predicted octanol–water partition coefficient (Wildman–Crippen LogP) is 1.08. The van der Waals surface area contributed by atoms with E-state index in [0.717, 1.165) is 0 Å². The lowest BCUT2D eigenvalue weighted by Gasteiger charge is -2.22. The van der Waals surface area contributed by atoms with Crippen molar-refractivity contribution in [3.8, 4) is 0 Å². The van der Waals surface area contributed by atoms with Crippen LogP contribution in [0.1, 0.15) is 33.6 Å². The van der Waals surface area contributed by atoms with Gasteiger partial charge in [-0.15, -0.1) is 0 Å². The average Bonchev–Trinajstić information content (AvgIpc) is 2.44. The molecule has 78 valence electrons. The van der Waals surface area contributed by atoms with Gasteiger partial charge in [-0.1, -0.05) is 20.8 Å². The van der Waals surface area contributed by atoms with Crippen LogP contribution in [0.4, 0.5) is 0 Å². The maximum atomic E-state index is 11.8. The van der Waals surface area contributed by atoms with Gasteiger partial charge < -0.3 is 4.74 Å². The van der Waals surface area contributed by atoms with Crippen molar-refractivity contribution in [3.63, 3.8) is 0 Å². The van der Waals surface area contributed by atoms with Crippen LogP contribution in [0.2, 0.25) is 0 Å². The number of carbonyl (C=O) groups excluding carboxylic acids is 3. The fourth-order valence-corrected chi connectivity index (χ4v) is 1.32. The molecule has 0 saturated carbocycles. The van der Waals surface area contributed by atoms with Crippen molar-refractivity contribution in [2.45, 2.75) is 33.6 Å². The normalized spacial score (nSPS) is 22.4. The number of ketones is 1. The molecule has 1 unspecified atom stereocenters. The number of hydrogen-bond acceptors (Lipinski definition) is 4. The number of rotatable bonds is 3. The number of ether oxygens (including phenoxy) is 1. The Balaban J connectivity index is 2.81. The molecule has 1 heterocycles. The Bertz CT molecular complexity index is 290. The minimum atomic E-state index is -0.877. The highest BCUT2D eigenvalue weighted by molar-refractivity contribution is 6.10. The van der Waals surface area contributed by atoms with Crippen LogP contribution in [0.3, 0.4) is 0 Å². The molecule has 1 rings (SSSR count). The maximum absolute atomic E-state index is 11.8. The third kappa shape index (κ3) is 1.84. The number of Topliss-reactive ketones (excluding diaryl/α,β-unsaturated/α-hetero) is 1. The Morgan fingerprint density at radius 3 is 2.43 bits per heavy atom. The van der Waals surface area contributed by atoms with Gasteiger partial charge >= 0.3 is 11.9 Å². The molecule has 0 spiro atoms. The van der Waals surface area contributed by atoms with E-state index in [9.17, 15) is 14.4 Å². The monoisotopic (exact) mass is 198 g/mol. The first-order valence-corrected chi connectivity index (χ1v) is 4.67. The van der Waals surface area contributed by atoms with E-state index in [1.165, 1.54) is 0 Å². The maximum Gasteiger partial charge on any atom is 0.324 e. The van der Waals surface area contributed by atoms with Crippen LogP contribution < -0.4 is 0 Å². The Labute approximate surface area is 82.6 Å². The second-order valence-corrected chi connectivity index (χ2v) is 4.15. The number of esters is 2. The van der Waals surface area contributed by atoms with Crippen molar-refractivity contribution in [2.75, 3.05) is 0 Å². The molecular formula is C10H14O4. The molecule has 0 aliphatic carbocycles. The van der Waals surface area contributed by atoms with Gasteiger partial charge in [-0.3, -0.25) is 14.4 Å². The average molecular weight is 198 g/mol. The molecule has 1 saturated heterocycles. The van der Waals surface area contributed by atoms with E-state index in [2.05, 4.69) is 4.74 Å². The molecule has 4 nitrogen and oxygen atoms in total. The zero-order valence-electron chi connectivity index (χ0n) is 8.62. The predicted molar refractivity (Wildman–Crippen MR) is 48.3 cm³/mol. The zero-order chi connectivity index (χ0) is 10.9. The molecule has 1 atom stereocenters. The highest BCUT2D eigenvalue weighted by atomic mass is 16.6. The van der Waals surface area contributed by atoms with Gasteiger partial charge in [0.2, 0.25) is 0 Å². The van der Waals surface area contributed by atoms with Crippen molar-refractivity contribution >= 4 is 17.7 Å². The summed E-state index contributed by atoms with van der Waals surface area (Å²) in [6, 6.07) is 0. The Hall–Kier alpha value is -1.19. The van der Waals surface area contributed by atoms with E-state index < -0.39 is 23.3 Å². The molecule has 0 amide bonds. The SMILES string of the molecule is CCC(C)(C)C(=O)C1CC(=O)OC1=O. The van der Waals surface area contributed by atoms with E-state index in [1.807, 2.05) is 6.92 Å². The van der Waals surface area contributed by atoms with Crippen molar-refractivity contribution < 1.29 is 19.1 Å². The smallest absolute Gasteiger partial charge is 0.324 e. The molecule has 0 N–H and O–H groups in total. The van der Waals surface area contributed by atoms with Gasteiger partial charge in [0.25, 0.3) is 0 Å². The second kappa shape index (κ2) is 3.52. The molecule has 4 heteroatoms. The molecule has 1 aliphatic rings. The first-order chi connectivity index (χ1) is 6.38. The highest BCUT2D eigenvalue weighted by Crippen LogP contribution is 2.29. The molecule has 0 aromatic heterocycles. The zero-order valence-corrected chi connectivity index (χ0v) is 8.62. The second-order valence-electron chi connectivity index (χ2n) is 4.15. The molecule has 1 aliphatic heterocycles. The minimum Gasteiger partial charge on any atom is -0.393 e. The first kappa shape index (κ1) is 10.9. The molecule has 1 fully saturated rings. The van der Waals surface area contributed by atoms with Crippen LogP contribution in [0.5, 0.6) is 0 Å². The lowest BCUT2D eigenvalue weighted by atomic mass is 9.79. The molecule has 0 aromatic rings. The summed E-state index contributed by atoms with van der Waals surface area (Å²) >= 11 is 0. The third-order valence-electron chi connectivity index (χ3n) is 2.74. The Morgan fingerprint density at radius 1 is 1.50 bits per heavy atom. The summed E-state index contributed by atoms with van der Waals surface area (Å²) in [5.74, 6) is -2.37. The minimum absolute atomic E-state index is 0.0961. The van der Waals surface area contributed by atoms with Crippen LogP contribution in [0.25, 0.3) is 0 Å². The van der Waals surface area contributed by atoms with Gasteiger partial charge in [0.1, 0.15) is 5.92 Å². The lowest BCUT2D eigenvalue weighted by Crippen LogP contribution is -2.32. The van der Waals surface area contributed by atoms with Crippen LogP contribution in [0.15, 0.2) is 0 Å². The van der Waals surface area contributed by atoms with Gasteiger partial charge in [-0.2, -0.15) is 0 Å². The standard InChI is InChI=1S/C10H14O4/c1-4-10(2,3)8(12)6-5-7(11)14-9(6)13/h6H,4-5H2,1-3H3. The molecule has 14 heavy (non-hydrogen) atoms. The van der Waals surface area contributed by atoms with Crippen LogP contribution in [-0.2, 0) is 19.1 Å². The Morgan fingerprint density at radius 2 is 2.07 bits per heavy atom. The summed E-state index contributed by atoms with van der Waals surface area (Å²) in [6.45, 7) is 5.41. The molecule has 0 aromatic carbocycles. The van der Waals surface area contributed by atoms with Gasteiger partial charge in [0.15, 0.2) is 5.78 Å². The topological polar surface area (TPSA) is 60.4 Å². The fourth-order valence-electron chi connectivity index (χ4n) is 1.32. The summed E-state index contributed by atoms with van der Waals surface area (Å²) in [6.07, 6.45) is 0.547. The number of hydrogen-bond donors (Lipinski definition) is 0. The van der Waals surface area contributed by atoms with Gasteiger partial charge in [0, 0.05) is 5.41 Å². The van der Waals surface area contributed by atoms with E-state index in [4.69, 9.17) is 0 Å². The number of carbonyl (C=O) groups is 3. The third-order valence-corrected chi connectivity index (χ3v) is 2.74. The molecule has 0 bridgehead atoms. The van der Waals surface area contributed by atoms with Crippen LogP contribution in [-0.4, -0.2) is 17.7 Å². The summed E-state index contributed by atoms with van der Waals surface area (Å²) in [7, 11) is 0. The molecular weight excluding hydrogens is 184 g/mol. The van der Waals surface area contributed by atoms with Gasteiger partial charge in [0.05, 0.1) is 6.42 Å². The van der Waals surface area contributed by atoms with Crippen LogP contribution >= 0.6 is 0 Å². The summed E-state index contributed by atoms with van der Waals surface area (Å²) < 4.78 is 4.34. The highest BCUT2D eigenvalue weighted by Gasteiger charge is 2.43. The van der Waals surface area contributed by atoms with E-state index >= 15 is 0 Å². The van der Waals surface area contributed by atoms with Crippen molar-refractivity contribution in [3.05, 3.63) is 0 Å². The summed E-state index contributed by atoms with van der Waals surface area (Å²) in [5.41, 5.74) is -0.561. The summed E-state index contributed by atoms with van der Waals surface area (Å²) in [4.78, 5) is 33.7. The quantitative estimate of drug-likeness (QED) is 0.503. The van der Waals surface area contributed by atoms with Gasteiger partial charge in [-0.25, -0.2) is 0 Å². The van der Waals surface area contributed by atoms with Crippen molar-refractivity contribution in [1.29, 1.82) is 0 Å².